The zero-order valence-corrected chi connectivity index (χ0v) is 8.29. The average Bonchev–Trinajstić information content (AvgIpc) is 2.46. The number of hydrogen-bond donors (Lipinski definition) is 1. The SMILES string of the molecule is CCNc1cn(C)c(C(=O)CC)n1. The van der Waals surface area contributed by atoms with Crippen molar-refractivity contribution in [3.8, 4) is 0 Å². The zero-order chi connectivity index (χ0) is 9.84. The molecule has 0 aliphatic carbocycles. The number of anilines is 1. The van der Waals surface area contributed by atoms with Gasteiger partial charge in [-0.25, -0.2) is 4.98 Å². The Morgan fingerprint density at radius 2 is 2.31 bits per heavy atom. The van der Waals surface area contributed by atoms with Crippen molar-refractivity contribution in [3.63, 3.8) is 0 Å². The number of carbonyl (C=O) groups excluding carboxylic acids is 1. The van der Waals surface area contributed by atoms with Crippen LogP contribution in [0.3, 0.4) is 0 Å². The molecule has 0 fully saturated rings. The van der Waals surface area contributed by atoms with Gasteiger partial charge in [-0.15, -0.1) is 0 Å². The molecule has 0 unspecified atom stereocenters. The fourth-order valence-corrected chi connectivity index (χ4v) is 1.15. The van der Waals surface area contributed by atoms with E-state index in [0.717, 1.165) is 12.4 Å². The second-order valence-electron chi connectivity index (χ2n) is 2.87. The molecule has 4 nitrogen and oxygen atoms in total. The molecule has 1 N–H and O–H groups in total. The fraction of sp³-hybridized carbons (Fsp3) is 0.556. The lowest BCUT2D eigenvalue weighted by atomic mass is 10.3. The van der Waals surface area contributed by atoms with Gasteiger partial charge in [0.15, 0.2) is 11.6 Å². The third-order valence-corrected chi connectivity index (χ3v) is 1.80. The normalized spacial score (nSPS) is 10.1. The van der Waals surface area contributed by atoms with Crippen molar-refractivity contribution in [1.29, 1.82) is 0 Å². The summed E-state index contributed by atoms with van der Waals surface area (Å²) in [6.07, 6.45) is 2.32. The van der Waals surface area contributed by atoms with Gasteiger partial charge in [-0.1, -0.05) is 6.92 Å². The first-order valence-corrected chi connectivity index (χ1v) is 4.49. The highest BCUT2D eigenvalue weighted by atomic mass is 16.1. The van der Waals surface area contributed by atoms with Crippen LogP contribution in [0.15, 0.2) is 6.20 Å². The van der Waals surface area contributed by atoms with Gasteiger partial charge in [-0.05, 0) is 6.92 Å². The van der Waals surface area contributed by atoms with Crippen molar-refractivity contribution in [2.75, 3.05) is 11.9 Å². The standard InChI is InChI=1S/C9H15N3O/c1-4-7(13)9-11-8(10-5-2)6-12(9)3/h6,10H,4-5H2,1-3H3. The minimum atomic E-state index is 0.0756. The van der Waals surface area contributed by atoms with Crippen LogP contribution in [0.1, 0.15) is 30.9 Å². The minimum Gasteiger partial charge on any atom is -0.369 e. The van der Waals surface area contributed by atoms with Gasteiger partial charge < -0.3 is 9.88 Å². The molecule has 0 atom stereocenters. The molecule has 1 heterocycles. The van der Waals surface area contributed by atoms with Crippen molar-refractivity contribution in [2.24, 2.45) is 7.05 Å². The maximum absolute atomic E-state index is 11.3. The number of imidazole rings is 1. The number of carbonyl (C=O) groups is 1. The molecule has 0 amide bonds. The summed E-state index contributed by atoms with van der Waals surface area (Å²) in [5.41, 5.74) is 0. The molecule has 0 bridgehead atoms. The van der Waals surface area contributed by atoms with Gasteiger partial charge in [-0.2, -0.15) is 0 Å². The molecule has 0 aromatic carbocycles. The zero-order valence-electron chi connectivity index (χ0n) is 8.29. The largest absolute Gasteiger partial charge is 0.369 e. The monoisotopic (exact) mass is 181 g/mol. The second-order valence-corrected chi connectivity index (χ2v) is 2.87. The van der Waals surface area contributed by atoms with Crippen molar-refractivity contribution >= 4 is 11.6 Å². The van der Waals surface area contributed by atoms with Crippen LogP contribution >= 0.6 is 0 Å². The number of nitrogens with one attached hydrogen (secondary N) is 1. The first-order valence-electron chi connectivity index (χ1n) is 4.49. The van der Waals surface area contributed by atoms with E-state index in [1.165, 1.54) is 0 Å². The number of hydrogen-bond acceptors (Lipinski definition) is 3. The van der Waals surface area contributed by atoms with Crippen molar-refractivity contribution < 1.29 is 4.79 Å². The summed E-state index contributed by atoms with van der Waals surface area (Å²) in [4.78, 5) is 15.5. The van der Waals surface area contributed by atoms with Gasteiger partial charge in [0.05, 0.1) is 0 Å². The van der Waals surface area contributed by atoms with E-state index in [9.17, 15) is 4.79 Å². The van der Waals surface area contributed by atoms with E-state index in [0.29, 0.717) is 12.2 Å². The average molecular weight is 181 g/mol. The van der Waals surface area contributed by atoms with E-state index in [-0.39, 0.29) is 5.78 Å². The molecule has 1 rings (SSSR count). The van der Waals surface area contributed by atoms with E-state index < -0.39 is 0 Å². The number of ketones is 1. The van der Waals surface area contributed by atoms with Crippen LogP contribution in [0.4, 0.5) is 5.82 Å². The quantitative estimate of drug-likeness (QED) is 0.715. The van der Waals surface area contributed by atoms with E-state index in [2.05, 4.69) is 10.3 Å². The molecular formula is C9H15N3O. The van der Waals surface area contributed by atoms with Crippen molar-refractivity contribution in [2.45, 2.75) is 20.3 Å². The van der Waals surface area contributed by atoms with Crippen LogP contribution in [0.2, 0.25) is 0 Å². The van der Waals surface area contributed by atoms with Gasteiger partial charge in [0.1, 0.15) is 5.82 Å². The van der Waals surface area contributed by atoms with E-state index in [1.807, 2.05) is 27.1 Å². The fourth-order valence-electron chi connectivity index (χ4n) is 1.15. The maximum Gasteiger partial charge on any atom is 0.198 e. The lowest BCUT2D eigenvalue weighted by Crippen LogP contribution is -2.05. The van der Waals surface area contributed by atoms with Gasteiger partial charge in [0, 0.05) is 26.2 Å². The van der Waals surface area contributed by atoms with E-state index >= 15 is 0 Å². The minimum absolute atomic E-state index is 0.0756. The van der Waals surface area contributed by atoms with Gasteiger partial charge in [0.25, 0.3) is 0 Å². The smallest absolute Gasteiger partial charge is 0.198 e. The summed E-state index contributed by atoms with van der Waals surface area (Å²) in [5.74, 6) is 1.37. The molecular weight excluding hydrogens is 166 g/mol. The summed E-state index contributed by atoms with van der Waals surface area (Å²) >= 11 is 0. The number of aromatic nitrogens is 2. The Balaban J connectivity index is 2.89. The highest BCUT2D eigenvalue weighted by molar-refractivity contribution is 5.93. The molecule has 0 spiro atoms. The second kappa shape index (κ2) is 4.07. The first-order chi connectivity index (χ1) is 6.19. The Morgan fingerprint density at radius 1 is 1.62 bits per heavy atom. The summed E-state index contributed by atoms with van der Waals surface area (Å²) in [6, 6.07) is 0. The van der Waals surface area contributed by atoms with Gasteiger partial charge >= 0.3 is 0 Å². The van der Waals surface area contributed by atoms with Crippen molar-refractivity contribution in [1.82, 2.24) is 9.55 Å². The molecule has 1 aromatic heterocycles. The lowest BCUT2D eigenvalue weighted by molar-refractivity contribution is 0.0975. The first kappa shape index (κ1) is 9.77. The Labute approximate surface area is 78.0 Å². The van der Waals surface area contributed by atoms with Crippen LogP contribution in [-0.2, 0) is 7.05 Å². The number of aryl methyl sites for hydroxylation is 1. The third-order valence-electron chi connectivity index (χ3n) is 1.80. The molecule has 1 aromatic rings. The third kappa shape index (κ3) is 2.08. The topological polar surface area (TPSA) is 46.9 Å². The maximum atomic E-state index is 11.3. The number of Topliss-reactive ketones (excluding diaryl/α,β-unsaturated/α-hetero) is 1. The van der Waals surface area contributed by atoms with Crippen LogP contribution in [-0.4, -0.2) is 21.9 Å². The number of nitrogens with zero attached hydrogens (tertiary/aromatic N) is 2. The summed E-state index contributed by atoms with van der Waals surface area (Å²) in [5, 5.41) is 3.06. The molecule has 4 heteroatoms. The highest BCUT2D eigenvalue weighted by Crippen LogP contribution is 2.08. The number of rotatable bonds is 4. The van der Waals surface area contributed by atoms with E-state index in [4.69, 9.17) is 0 Å². The van der Waals surface area contributed by atoms with Crippen LogP contribution in [0, 0.1) is 0 Å². The van der Waals surface area contributed by atoms with Crippen molar-refractivity contribution in [3.05, 3.63) is 12.0 Å². The Bertz CT molecular complexity index is 304. The molecule has 72 valence electrons. The summed E-state index contributed by atoms with van der Waals surface area (Å²) < 4.78 is 1.75. The predicted octanol–water partition coefficient (Wildman–Crippen LogP) is 1.44. The summed E-state index contributed by atoms with van der Waals surface area (Å²) in [6.45, 7) is 4.65. The lowest BCUT2D eigenvalue weighted by Gasteiger charge is -1.95. The molecule has 0 saturated heterocycles. The molecule has 0 radical (unpaired) electrons. The Hall–Kier alpha value is -1.32. The molecule has 0 saturated carbocycles. The highest BCUT2D eigenvalue weighted by Gasteiger charge is 2.10. The Kier molecular flexibility index (Phi) is 3.06. The predicted molar refractivity (Wildman–Crippen MR) is 52.0 cm³/mol. The van der Waals surface area contributed by atoms with Gasteiger partial charge in [0.2, 0.25) is 0 Å². The molecule has 0 aliphatic rings. The van der Waals surface area contributed by atoms with E-state index in [1.54, 1.807) is 4.57 Å². The molecule has 13 heavy (non-hydrogen) atoms. The van der Waals surface area contributed by atoms with Crippen LogP contribution in [0.5, 0.6) is 0 Å². The van der Waals surface area contributed by atoms with Crippen LogP contribution < -0.4 is 5.32 Å². The molecule has 0 aliphatic heterocycles. The Morgan fingerprint density at radius 3 is 2.85 bits per heavy atom. The van der Waals surface area contributed by atoms with Gasteiger partial charge in [-0.3, -0.25) is 4.79 Å². The summed E-state index contributed by atoms with van der Waals surface area (Å²) in [7, 11) is 1.83. The van der Waals surface area contributed by atoms with Crippen LogP contribution in [0.25, 0.3) is 0 Å².